The van der Waals surface area contributed by atoms with Crippen LogP contribution in [0.5, 0.6) is 0 Å². The van der Waals surface area contributed by atoms with Crippen molar-refractivity contribution in [3.8, 4) is 0 Å². The average Bonchev–Trinajstić information content (AvgIpc) is 2.92. The van der Waals surface area contributed by atoms with E-state index in [1.54, 1.807) is 0 Å². The highest BCUT2D eigenvalue weighted by molar-refractivity contribution is 8.76. The summed E-state index contributed by atoms with van der Waals surface area (Å²) in [5, 5.41) is 15.4. The predicted molar refractivity (Wildman–Crippen MR) is 109 cm³/mol. The minimum absolute atomic E-state index is 0.814. The highest BCUT2D eigenvalue weighted by Gasteiger charge is 2.10. The van der Waals surface area contributed by atoms with Crippen LogP contribution in [-0.4, -0.2) is 36.2 Å². The van der Waals surface area contributed by atoms with Crippen molar-refractivity contribution in [2.24, 2.45) is 24.3 Å². The highest BCUT2D eigenvalue weighted by atomic mass is 33.1. The van der Waals surface area contributed by atoms with Crippen molar-refractivity contribution < 1.29 is 4.57 Å². The van der Waals surface area contributed by atoms with Gasteiger partial charge in [0.25, 0.3) is 0 Å². The predicted octanol–water partition coefficient (Wildman–Crippen LogP) is 3.59. The number of hydrogen-bond acceptors (Lipinski definition) is 6. The Balaban J connectivity index is 1.84. The zero-order chi connectivity index (χ0) is 18.1. The third-order valence-electron chi connectivity index (χ3n) is 3.62. The average molecular weight is 380 g/mol. The molecule has 136 valence electrons. The first kappa shape index (κ1) is 19.8. The molecular weight excluding hydrogens is 352 g/mol. The lowest BCUT2D eigenvalue weighted by Gasteiger charge is -2.07. The van der Waals surface area contributed by atoms with Gasteiger partial charge in [0.2, 0.25) is 0 Å². The van der Waals surface area contributed by atoms with Crippen molar-refractivity contribution in [3.05, 3.63) is 36.2 Å². The molecule has 0 saturated heterocycles. The molecule has 2 rings (SSSR count). The van der Waals surface area contributed by atoms with Gasteiger partial charge in [-0.05, 0) is 37.7 Å². The molecule has 0 unspecified atom stereocenters. The number of hydrogen-bond donors (Lipinski definition) is 2. The minimum Gasteiger partial charge on any atom is -0.384 e. The van der Waals surface area contributed by atoms with Gasteiger partial charge in [0, 0.05) is 35.4 Å². The quantitative estimate of drug-likeness (QED) is 0.287. The van der Waals surface area contributed by atoms with Crippen LogP contribution in [-0.2, 0) is 14.1 Å². The van der Waals surface area contributed by atoms with Crippen molar-refractivity contribution in [2.75, 3.05) is 37.0 Å². The van der Waals surface area contributed by atoms with Crippen LogP contribution in [0.15, 0.2) is 40.8 Å². The van der Waals surface area contributed by atoms with Gasteiger partial charge in [0.05, 0.1) is 26.5 Å². The fourth-order valence-electron chi connectivity index (χ4n) is 2.20. The van der Waals surface area contributed by atoms with E-state index < -0.39 is 0 Å². The fraction of sp³-hybridized carbons (Fsp3) is 0.471. The molecule has 6 nitrogen and oxygen atoms in total. The number of nitrogens with one attached hydrogen (secondary N) is 2. The van der Waals surface area contributed by atoms with E-state index in [1.807, 2.05) is 70.3 Å². The second-order valence-corrected chi connectivity index (χ2v) is 8.40. The smallest absolute Gasteiger partial charge is 0.384 e. The van der Waals surface area contributed by atoms with Crippen LogP contribution in [0.1, 0.15) is 5.56 Å². The van der Waals surface area contributed by atoms with E-state index in [0.29, 0.717) is 0 Å². The number of anilines is 1. The van der Waals surface area contributed by atoms with Gasteiger partial charge >= 0.3 is 5.95 Å². The molecule has 1 aromatic heterocycles. The molecule has 0 aliphatic carbocycles. The molecule has 8 heteroatoms. The molecule has 0 spiro atoms. The van der Waals surface area contributed by atoms with Crippen molar-refractivity contribution in [3.63, 3.8) is 0 Å². The molecule has 0 aliphatic heterocycles. The summed E-state index contributed by atoms with van der Waals surface area (Å²) < 4.78 is 3.89. The second kappa shape index (κ2) is 10.5. The Bertz CT molecular complexity index is 679. The number of nitrogens with zero attached hydrogens (tertiary/aromatic N) is 4. The molecule has 0 aliphatic rings. The van der Waals surface area contributed by atoms with Crippen molar-refractivity contribution >= 4 is 38.9 Å². The molecule has 2 aromatic rings. The van der Waals surface area contributed by atoms with Crippen LogP contribution in [0.4, 0.5) is 17.3 Å². The lowest BCUT2D eigenvalue weighted by atomic mass is 10.2. The third kappa shape index (κ3) is 6.37. The summed E-state index contributed by atoms with van der Waals surface area (Å²) in [7, 11) is 9.72. The van der Waals surface area contributed by atoms with Crippen LogP contribution in [0.3, 0.4) is 0 Å². The van der Waals surface area contributed by atoms with Gasteiger partial charge in [0.15, 0.2) is 0 Å². The van der Waals surface area contributed by atoms with Gasteiger partial charge in [-0.1, -0.05) is 26.7 Å². The van der Waals surface area contributed by atoms with Gasteiger partial charge in [-0.3, -0.25) is 0 Å². The standard InChI is InChI=1S/C17H26N6S2/c1-14-13-15(19-8-12-25-24-11-7-18-2)5-6-16(14)20-21-17-22(3)9-10-23(17)4/h5-6,9-10,13,18H,7-8,11-12H2,1-4H3/p+1. The summed E-state index contributed by atoms with van der Waals surface area (Å²) in [6, 6.07) is 6.20. The lowest BCUT2D eigenvalue weighted by molar-refractivity contribution is -0.657. The monoisotopic (exact) mass is 379 g/mol. The summed E-state index contributed by atoms with van der Waals surface area (Å²) >= 11 is 0. The summed E-state index contributed by atoms with van der Waals surface area (Å²) in [4.78, 5) is 0. The first-order valence-corrected chi connectivity index (χ1v) is 10.8. The summed E-state index contributed by atoms with van der Waals surface area (Å²) in [6.07, 6.45) is 3.92. The van der Waals surface area contributed by atoms with E-state index in [4.69, 9.17) is 0 Å². The van der Waals surface area contributed by atoms with E-state index >= 15 is 0 Å². The first-order valence-electron chi connectivity index (χ1n) is 8.28. The number of rotatable bonds is 10. The third-order valence-corrected chi connectivity index (χ3v) is 6.03. The Morgan fingerprint density at radius 3 is 2.56 bits per heavy atom. The Kier molecular flexibility index (Phi) is 8.30. The molecule has 1 heterocycles. The van der Waals surface area contributed by atoms with Crippen molar-refractivity contribution in [2.45, 2.75) is 6.92 Å². The van der Waals surface area contributed by atoms with E-state index in [2.05, 4.69) is 39.9 Å². The van der Waals surface area contributed by atoms with E-state index in [-0.39, 0.29) is 0 Å². The molecule has 1 aromatic carbocycles. The summed E-state index contributed by atoms with van der Waals surface area (Å²) in [5.74, 6) is 3.03. The fourth-order valence-corrected chi connectivity index (χ4v) is 4.11. The molecule has 0 bridgehead atoms. The van der Waals surface area contributed by atoms with Crippen LogP contribution < -0.4 is 15.2 Å². The zero-order valence-electron chi connectivity index (χ0n) is 15.3. The Morgan fingerprint density at radius 2 is 1.92 bits per heavy atom. The highest BCUT2D eigenvalue weighted by Crippen LogP contribution is 2.24. The molecule has 0 saturated carbocycles. The van der Waals surface area contributed by atoms with Crippen molar-refractivity contribution in [1.82, 2.24) is 9.88 Å². The van der Waals surface area contributed by atoms with Gasteiger partial charge in [-0.15, -0.1) is 0 Å². The maximum Gasteiger partial charge on any atom is 0.421 e. The summed E-state index contributed by atoms with van der Waals surface area (Å²) in [5.41, 5.74) is 3.13. The molecule has 2 N–H and O–H groups in total. The number of aromatic nitrogens is 2. The molecule has 0 fully saturated rings. The number of azo groups is 1. The van der Waals surface area contributed by atoms with Gasteiger partial charge in [-0.25, -0.2) is 9.13 Å². The van der Waals surface area contributed by atoms with Crippen LogP contribution in [0.2, 0.25) is 0 Å². The molecule has 25 heavy (non-hydrogen) atoms. The van der Waals surface area contributed by atoms with E-state index in [0.717, 1.165) is 47.5 Å². The Hall–Kier alpha value is -1.51. The lowest BCUT2D eigenvalue weighted by Crippen LogP contribution is -2.25. The molecule has 0 radical (unpaired) electrons. The van der Waals surface area contributed by atoms with Gasteiger partial charge in [-0.2, -0.15) is 0 Å². The van der Waals surface area contributed by atoms with E-state index in [9.17, 15) is 0 Å². The normalized spacial score (nSPS) is 11.4. The van der Waals surface area contributed by atoms with Gasteiger partial charge < -0.3 is 10.6 Å². The second-order valence-electron chi connectivity index (χ2n) is 5.70. The van der Waals surface area contributed by atoms with Crippen LogP contribution >= 0.6 is 21.6 Å². The number of aryl methyl sites for hydroxylation is 3. The van der Waals surface area contributed by atoms with Crippen LogP contribution in [0.25, 0.3) is 0 Å². The molecular formula is C17H27N6S2+. The largest absolute Gasteiger partial charge is 0.421 e. The minimum atomic E-state index is 0.814. The van der Waals surface area contributed by atoms with Crippen molar-refractivity contribution in [1.29, 1.82) is 0 Å². The topological polar surface area (TPSA) is 57.6 Å². The number of benzene rings is 1. The number of imidazole rings is 1. The van der Waals surface area contributed by atoms with E-state index in [1.165, 1.54) is 0 Å². The maximum atomic E-state index is 4.39. The Labute approximate surface area is 157 Å². The van der Waals surface area contributed by atoms with Crippen LogP contribution in [0, 0.1) is 6.92 Å². The molecule has 0 amide bonds. The Morgan fingerprint density at radius 1 is 1.16 bits per heavy atom. The molecule has 0 atom stereocenters. The zero-order valence-corrected chi connectivity index (χ0v) is 17.0. The first-order chi connectivity index (χ1) is 12.1. The van der Waals surface area contributed by atoms with Gasteiger partial charge in [0.1, 0.15) is 5.69 Å². The summed E-state index contributed by atoms with van der Waals surface area (Å²) in [6.45, 7) is 4.07. The SMILES string of the molecule is CNCCSSCCNc1ccc(N=Nc2n(C)cc[n+]2C)c(C)c1. The maximum absolute atomic E-state index is 4.39.